The van der Waals surface area contributed by atoms with Crippen LogP contribution in [0.25, 0.3) is 0 Å². The van der Waals surface area contributed by atoms with Crippen LogP contribution in [0.15, 0.2) is 30.3 Å². The number of aliphatic hydroxyl groups is 4. The van der Waals surface area contributed by atoms with Gasteiger partial charge in [0.1, 0.15) is 24.1 Å². The first-order chi connectivity index (χ1) is 16.2. The van der Waals surface area contributed by atoms with E-state index in [0.29, 0.717) is 40.0 Å². The Kier molecular flexibility index (Phi) is 6.00. The fraction of sp³-hybridized carbons (Fsp3) is 0.500. The van der Waals surface area contributed by atoms with Crippen molar-refractivity contribution in [1.29, 1.82) is 0 Å². The fourth-order valence-corrected chi connectivity index (χ4v) is 5.56. The molecule has 8 nitrogen and oxygen atoms in total. The normalized spacial score (nSPS) is 34.7. The van der Waals surface area contributed by atoms with Crippen LogP contribution < -0.4 is 4.74 Å². The van der Waals surface area contributed by atoms with E-state index in [9.17, 15) is 25.2 Å². The van der Waals surface area contributed by atoms with E-state index in [1.54, 1.807) is 31.2 Å². The second-order valence-electron chi connectivity index (χ2n) is 9.66. The van der Waals surface area contributed by atoms with Gasteiger partial charge in [0.25, 0.3) is 0 Å². The fourth-order valence-electron chi connectivity index (χ4n) is 5.56. The Hall–Kier alpha value is -2.33. The van der Waals surface area contributed by atoms with Gasteiger partial charge in [-0.15, -0.1) is 0 Å². The van der Waals surface area contributed by atoms with Gasteiger partial charge in [-0.1, -0.05) is 38.1 Å². The van der Waals surface area contributed by atoms with Crippen LogP contribution in [-0.2, 0) is 15.9 Å². The number of carbonyl (C=O) groups excluding carboxylic acids is 1. The molecule has 0 aromatic heterocycles. The van der Waals surface area contributed by atoms with Crippen LogP contribution in [0.2, 0.25) is 0 Å². The molecule has 8 heteroatoms. The molecular formula is C26H30O8. The molecule has 8 atom stereocenters. The highest BCUT2D eigenvalue weighted by Gasteiger charge is 2.45. The third kappa shape index (κ3) is 3.57. The van der Waals surface area contributed by atoms with E-state index in [1.165, 1.54) is 7.11 Å². The Bertz CT molecular complexity index is 1110. The Morgan fingerprint density at radius 2 is 1.76 bits per heavy atom. The van der Waals surface area contributed by atoms with Gasteiger partial charge in [0, 0.05) is 17.0 Å². The minimum Gasteiger partial charge on any atom is -0.496 e. The number of carbonyl (C=O) groups is 1. The molecule has 0 amide bonds. The van der Waals surface area contributed by atoms with Crippen LogP contribution in [0, 0.1) is 11.8 Å². The van der Waals surface area contributed by atoms with Crippen molar-refractivity contribution < 1.29 is 39.4 Å². The van der Waals surface area contributed by atoms with Gasteiger partial charge in [-0.2, -0.15) is 0 Å². The molecule has 182 valence electrons. The van der Waals surface area contributed by atoms with Gasteiger partial charge in [0.2, 0.25) is 0 Å². The van der Waals surface area contributed by atoms with Gasteiger partial charge in [-0.25, -0.2) is 0 Å². The molecule has 3 aliphatic rings. The molecule has 0 spiro atoms. The van der Waals surface area contributed by atoms with E-state index in [-0.39, 0.29) is 11.7 Å². The predicted molar refractivity (Wildman–Crippen MR) is 120 cm³/mol. The van der Waals surface area contributed by atoms with Gasteiger partial charge >= 0.3 is 0 Å². The predicted octanol–water partition coefficient (Wildman–Crippen LogP) is 1.99. The maximum atomic E-state index is 13.5. The van der Waals surface area contributed by atoms with Crippen molar-refractivity contribution in [2.24, 2.45) is 11.8 Å². The lowest BCUT2D eigenvalue weighted by atomic mass is 9.73. The third-order valence-electron chi connectivity index (χ3n) is 7.42. The summed E-state index contributed by atoms with van der Waals surface area (Å²) in [6.07, 6.45) is -5.36. The summed E-state index contributed by atoms with van der Waals surface area (Å²) in [5, 5.41) is 42.2. The second-order valence-corrected chi connectivity index (χ2v) is 9.66. The topological polar surface area (TPSA) is 126 Å². The third-order valence-corrected chi connectivity index (χ3v) is 7.42. The highest BCUT2D eigenvalue weighted by molar-refractivity contribution is 6.14. The number of ether oxygens (including phenoxy) is 3. The molecule has 0 radical (unpaired) electrons. The van der Waals surface area contributed by atoms with Crippen LogP contribution in [0.3, 0.4) is 0 Å². The Morgan fingerprint density at radius 3 is 2.50 bits per heavy atom. The quantitative estimate of drug-likeness (QED) is 0.537. The molecule has 5 rings (SSSR count). The molecule has 1 saturated heterocycles. The minimum absolute atomic E-state index is 0.228. The van der Waals surface area contributed by atoms with Gasteiger partial charge in [-0.3, -0.25) is 4.79 Å². The Balaban J connectivity index is 1.58. The summed E-state index contributed by atoms with van der Waals surface area (Å²) in [6.45, 7) is 3.70. The average Bonchev–Trinajstić information content (AvgIpc) is 2.83. The summed E-state index contributed by atoms with van der Waals surface area (Å²) in [7, 11) is 1.49. The summed E-state index contributed by atoms with van der Waals surface area (Å²) in [6, 6.07) is 8.80. The smallest absolute Gasteiger partial charge is 0.197 e. The highest BCUT2D eigenvalue weighted by Crippen LogP contribution is 2.47. The van der Waals surface area contributed by atoms with Crippen molar-refractivity contribution in [2.75, 3.05) is 7.11 Å². The van der Waals surface area contributed by atoms with Crippen LogP contribution in [0.5, 0.6) is 5.75 Å². The molecule has 2 aliphatic carbocycles. The number of hydrogen-bond donors (Lipinski definition) is 4. The lowest BCUT2D eigenvalue weighted by Crippen LogP contribution is -2.54. The summed E-state index contributed by atoms with van der Waals surface area (Å²) >= 11 is 0. The number of ketones is 1. The monoisotopic (exact) mass is 470 g/mol. The second kappa shape index (κ2) is 8.71. The number of methoxy groups -OCH3 is 1. The molecule has 2 aromatic carbocycles. The zero-order valence-electron chi connectivity index (χ0n) is 19.3. The van der Waals surface area contributed by atoms with Gasteiger partial charge < -0.3 is 34.6 Å². The lowest BCUT2D eigenvalue weighted by molar-refractivity contribution is -0.340. The molecule has 34 heavy (non-hydrogen) atoms. The number of hydrogen-bond acceptors (Lipinski definition) is 8. The minimum atomic E-state index is -1.49. The first kappa shape index (κ1) is 23.4. The average molecular weight is 471 g/mol. The van der Waals surface area contributed by atoms with E-state index >= 15 is 0 Å². The molecule has 0 saturated carbocycles. The summed E-state index contributed by atoms with van der Waals surface area (Å²) in [5.41, 5.74) is 3.39. The summed E-state index contributed by atoms with van der Waals surface area (Å²) in [4.78, 5) is 13.5. The molecule has 0 bridgehead atoms. The maximum Gasteiger partial charge on any atom is 0.197 e. The van der Waals surface area contributed by atoms with Gasteiger partial charge in [0.05, 0.1) is 18.8 Å². The van der Waals surface area contributed by atoms with Crippen LogP contribution in [0.1, 0.15) is 70.7 Å². The standard InChI is InChI=1S/C26H30O8/c1-11-9-13-7-8-15-20(24(30)14-5-4-6-16(32-3)19(14)23(15)29)18(13)17(10-11)33-26-22(28)12(2)21(27)25(31)34-26/h4-8,11-12,17,21-22,24-28,30-31H,9-10H2,1-3H3. The molecule has 1 fully saturated rings. The first-order valence-electron chi connectivity index (χ1n) is 11.6. The van der Waals surface area contributed by atoms with Crippen LogP contribution in [0.4, 0.5) is 0 Å². The molecule has 8 unspecified atom stereocenters. The Labute approximate surface area is 197 Å². The molecule has 1 heterocycles. The Morgan fingerprint density at radius 1 is 1.00 bits per heavy atom. The van der Waals surface area contributed by atoms with E-state index in [1.807, 2.05) is 6.07 Å². The van der Waals surface area contributed by atoms with Crippen molar-refractivity contribution >= 4 is 5.78 Å². The first-order valence-corrected chi connectivity index (χ1v) is 11.6. The van der Waals surface area contributed by atoms with E-state index < -0.39 is 42.9 Å². The maximum absolute atomic E-state index is 13.5. The lowest BCUT2D eigenvalue weighted by Gasteiger charge is -2.42. The zero-order chi connectivity index (χ0) is 24.3. The van der Waals surface area contributed by atoms with E-state index in [0.717, 1.165) is 12.0 Å². The van der Waals surface area contributed by atoms with E-state index in [4.69, 9.17) is 14.2 Å². The highest BCUT2D eigenvalue weighted by atomic mass is 16.7. The SMILES string of the molecule is COc1cccc2c1C(=O)c1ccc3c(c1C2O)C(OC1OC(O)C(O)C(C)C1O)CC(C)C3. The number of aliphatic hydroxyl groups excluding tert-OH is 4. The zero-order valence-corrected chi connectivity index (χ0v) is 19.3. The number of rotatable bonds is 3. The molecular weight excluding hydrogens is 440 g/mol. The molecule has 4 N–H and O–H groups in total. The largest absolute Gasteiger partial charge is 0.496 e. The molecule has 1 aliphatic heterocycles. The van der Waals surface area contributed by atoms with Crippen molar-refractivity contribution in [2.45, 2.75) is 63.7 Å². The summed E-state index contributed by atoms with van der Waals surface area (Å²) in [5.74, 6) is -0.237. The van der Waals surface area contributed by atoms with Crippen molar-refractivity contribution in [3.05, 3.63) is 63.7 Å². The number of benzene rings is 2. The van der Waals surface area contributed by atoms with Crippen molar-refractivity contribution in [1.82, 2.24) is 0 Å². The number of fused-ring (bicyclic) bond motifs is 4. The summed E-state index contributed by atoms with van der Waals surface area (Å²) < 4.78 is 17.0. The van der Waals surface area contributed by atoms with Crippen LogP contribution >= 0.6 is 0 Å². The van der Waals surface area contributed by atoms with Crippen molar-refractivity contribution in [3.63, 3.8) is 0 Å². The van der Waals surface area contributed by atoms with Gasteiger partial charge in [-0.05, 0) is 41.5 Å². The van der Waals surface area contributed by atoms with E-state index in [2.05, 4.69) is 6.92 Å². The van der Waals surface area contributed by atoms with Crippen LogP contribution in [-0.4, -0.2) is 58.1 Å². The van der Waals surface area contributed by atoms with Crippen molar-refractivity contribution in [3.8, 4) is 5.75 Å². The molecule has 2 aromatic rings. The van der Waals surface area contributed by atoms with Gasteiger partial charge in [0.15, 0.2) is 18.4 Å².